The predicted octanol–water partition coefficient (Wildman–Crippen LogP) is 3.60. The number of halogens is 14. The van der Waals surface area contributed by atoms with Crippen molar-refractivity contribution in [3.8, 4) is 0 Å². The van der Waals surface area contributed by atoms with Crippen molar-refractivity contribution >= 4 is 20.0 Å². The molecule has 0 aromatic carbocycles. The highest BCUT2D eigenvalue weighted by atomic mass is 32.3. The van der Waals surface area contributed by atoms with Crippen molar-refractivity contribution in [1.29, 1.82) is 0 Å². The first-order chi connectivity index (χ1) is 12.1. The van der Waals surface area contributed by atoms with Gasteiger partial charge in [0.25, 0.3) is 20.0 Å². The fourth-order valence-corrected chi connectivity index (χ4v) is 4.27. The van der Waals surface area contributed by atoms with Crippen LogP contribution in [0.25, 0.3) is 0 Å². The molecular weight excluding hydrogens is 504 g/mol. The van der Waals surface area contributed by atoms with E-state index < -0.39 is 71.7 Å². The van der Waals surface area contributed by atoms with Gasteiger partial charge in [0, 0.05) is 0 Å². The van der Waals surface area contributed by atoms with Gasteiger partial charge in [-0.15, -0.1) is 0 Å². The highest BCUT2D eigenvalue weighted by Crippen LogP contribution is 2.48. The third-order valence-electron chi connectivity index (χ3n) is 2.59. The van der Waals surface area contributed by atoms with Gasteiger partial charge in [0.05, 0.1) is 0 Å². The molecule has 0 aliphatic carbocycles. The van der Waals surface area contributed by atoms with Crippen molar-refractivity contribution in [3.05, 3.63) is 0 Å². The highest BCUT2D eigenvalue weighted by Gasteiger charge is 2.73. The number of hydrogen-bond donors (Lipinski definition) is 1. The summed E-state index contributed by atoms with van der Waals surface area (Å²) in [6.45, 7) is 0. The van der Waals surface area contributed by atoms with Crippen molar-refractivity contribution in [2.45, 2.75) is 47.5 Å². The van der Waals surface area contributed by atoms with E-state index in [9.17, 15) is 78.3 Å². The minimum atomic E-state index is -7.85. The molecule has 0 atom stereocenters. The Balaban J connectivity index is 6.16. The van der Waals surface area contributed by atoms with Crippen LogP contribution in [0.4, 0.5) is 61.5 Å². The molecule has 0 saturated heterocycles. The van der Waals surface area contributed by atoms with E-state index in [4.69, 9.17) is 0 Å². The van der Waals surface area contributed by atoms with E-state index in [0.717, 1.165) is 0 Å². The van der Waals surface area contributed by atoms with E-state index in [2.05, 4.69) is 0 Å². The zero-order chi connectivity index (χ0) is 24.1. The quantitative estimate of drug-likeness (QED) is 0.508. The third-order valence-corrected chi connectivity index (χ3v) is 6.29. The van der Waals surface area contributed by atoms with Gasteiger partial charge >= 0.3 is 34.7 Å². The van der Waals surface area contributed by atoms with Crippen LogP contribution in [0.5, 0.6) is 0 Å². The lowest BCUT2D eigenvalue weighted by Crippen LogP contribution is -2.59. The Bertz CT molecular complexity index is 742. The number of alkyl halides is 14. The molecule has 0 aliphatic rings. The van der Waals surface area contributed by atoms with E-state index in [1.54, 1.807) is 0 Å². The summed E-state index contributed by atoms with van der Waals surface area (Å²) in [5.74, 6) is -13.4. The summed E-state index contributed by atoms with van der Waals surface area (Å²) in [4.78, 5) is 0. The second-order valence-electron chi connectivity index (χ2n) is 5.12. The van der Waals surface area contributed by atoms with Gasteiger partial charge in [-0.1, -0.05) is 4.13 Å². The second-order valence-corrected chi connectivity index (χ2v) is 8.82. The van der Waals surface area contributed by atoms with Crippen LogP contribution in [-0.4, -0.2) is 51.5 Å². The summed E-state index contributed by atoms with van der Waals surface area (Å²) in [5, 5.41) is -14.3. The van der Waals surface area contributed by atoms with Crippen LogP contribution in [0, 0.1) is 0 Å². The van der Waals surface area contributed by atoms with E-state index in [1.165, 1.54) is 0 Å². The van der Waals surface area contributed by atoms with E-state index in [0.29, 0.717) is 0 Å². The maximum Gasteiger partial charge on any atom is 0.421 e. The molecule has 0 saturated carbocycles. The van der Waals surface area contributed by atoms with Gasteiger partial charge in [-0.2, -0.15) is 61.5 Å². The van der Waals surface area contributed by atoms with E-state index in [1.807, 2.05) is 0 Å². The third kappa shape index (κ3) is 5.95. The van der Waals surface area contributed by atoms with Gasteiger partial charge in [-0.25, -0.2) is 16.8 Å². The van der Waals surface area contributed by atoms with Crippen LogP contribution in [0.2, 0.25) is 0 Å². The topological polar surface area (TPSA) is 80.3 Å². The summed E-state index contributed by atoms with van der Waals surface area (Å²) in [6.07, 6.45) is -20.3. The Morgan fingerprint density at radius 1 is 0.483 bits per heavy atom. The molecule has 1 N–H and O–H groups in total. The van der Waals surface area contributed by atoms with E-state index >= 15 is 0 Å². The molecule has 29 heavy (non-hydrogen) atoms. The van der Waals surface area contributed by atoms with Gasteiger partial charge in [0.1, 0.15) is 12.8 Å². The number of sulfonamides is 2. The Labute approximate surface area is 151 Å². The molecule has 21 heteroatoms. The van der Waals surface area contributed by atoms with E-state index in [-0.39, 0.29) is 0 Å². The maximum absolute atomic E-state index is 13.2. The SMILES string of the molecule is O=S(=O)(NS(=O)(=O)C(F)(F)C(F)(F)CC(F)(F)F)C(F)(F)C(F)(F)CC(F)(F)F. The molecule has 0 fully saturated rings. The van der Waals surface area contributed by atoms with Crippen LogP contribution in [0.1, 0.15) is 12.8 Å². The molecule has 176 valence electrons. The van der Waals surface area contributed by atoms with Crippen LogP contribution in [-0.2, 0) is 20.0 Å². The minimum absolute atomic E-state index is 1.05. The zero-order valence-corrected chi connectivity index (χ0v) is 14.3. The summed E-state index contributed by atoms with van der Waals surface area (Å²) >= 11 is 0. The fraction of sp³-hybridized carbons (Fsp3) is 1.00. The van der Waals surface area contributed by atoms with Crippen molar-refractivity contribution in [2.24, 2.45) is 0 Å². The second kappa shape index (κ2) is 7.24. The van der Waals surface area contributed by atoms with Crippen molar-refractivity contribution in [1.82, 2.24) is 4.13 Å². The van der Waals surface area contributed by atoms with Crippen LogP contribution < -0.4 is 4.13 Å². The van der Waals surface area contributed by atoms with Crippen molar-refractivity contribution < 1.29 is 78.3 Å². The van der Waals surface area contributed by atoms with Gasteiger partial charge in [0.2, 0.25) is 0 Å². The maximum atomic E-state index is 13.2. The molecule has 0 aromatic rings. The summed E-state index contributed by atoms with van der Waals surface area (Å²) in [7, 11) is -15.7. The molecule has 5 nitrogen and oxygen atoms in total. The molecule has 0 aliphatic heterocycles. The smallest absolute Gasteiger partial charge is 0.205 e. The van der Waals surface area contributed by atoms with Crippen LogP contribution in [0.15, 0.2) is 0 Å². The molecule has 0 rings (SSSR count). The van der Waals surface area contributed by atoms with Crippen molar-refractivity contribution in [2.75, 3.05) is 0 Å². The molecule has 0 unspecified atom stereocenters. The standard InChI is InChI=1S/C8H5F14NO4S2/c9-3(10,1-5(13,14)15)7(19,20)28(24,25)23-29(26,27)8(21,22)4(11,12)2-6(16,17)18/h23H,1-2H2. The lowest BCUT2D eigenvalue weighted by atomic mass is 10.2. The van der Waals surface area contributed by atoms with Crippen LogP contribution in [0.3, 0.4) is 0 Å². The molecule has 0 spiro atoms. The summed E-state index contributed by atoms with van der Waals surface area (Å²) in [6, 6.07) is 0. The Kier molecular flexibility index (Phi) is 6.96. The normalized spacial score (nSPS) is 16.2. The first kappa shape index (κ1) is 27.9. The van der Waals surface area contributed by atoms with Gasteiger partial charge in [0.15, 0.2) is 0 Å². The first-order valence-electron chi connectivity index (χ1n) is 6.04. The average Bonchev–Trinajstić information content (AvgIpc) is 2.30. The molecular formula is C8H5F14NO4S2. The zero-order valence-electron chi connectivity index (χ0n) is 12.7. The van der Waals surface area contributed by atoms with Crippen molar-refractivity contribution in [3.63, 3.8) is 0 Å². The fourth-order valence-electron chi connectivity index (χ4n) is 1.35. The van der Waals surface area contributed by atoms with Crippen LogP contribution >= 0.6 is 0 Å². The summed E-state index contributed by atoms with van der Waals surface area (Å²) < 4.78 is 219. The van der Waals surface area contributed by atoms with Gasteiger partial charge in [-0.3, -0.25) is 0 Å². The number of hydrogen-bond acceptors (Lipinski definition) is 4. The Morgan fingerprint density at radius 2 is 0.690 bits per heavy atom. The minimum Gasteiger partial charge on any atom is -0.205 e. The number of rotatable bonds is 8. The predicted molar refractivity (Wildman–Crippen MR) is 62.1 cm³/mol. The average molecular weight is 509 g/mol. The lowest BCUT2D eigenvalue weighted by molar-refractivity contribution is -0.235. The Morgan fingerprint density at radius 3 is 0.862 bits per heavy atom. The Hall–Kier alpha value is -1.12. The summed E-state index contributed by atoms with van der Waals surface area (Å²) in [5.41, 5.74) is 0. The highest BCUT2D eigenvalue weighted by molar-refractivity contribution is 8.05. The first-order valence-corrected chi connectivity index (χ1v) is 9.01. The van der Waals surface area contributed by atoms with Gasteiger partial charge in [-0.05, 0) is 0 Å². The lowest BCUT2D eigenvalue weighted by Gasteiger charge is -2.29. The molecule has 0 bridgehead atoms. The molecule has 0 radical (unpaired) electrons. The molecule has 0 amide bonds. The van der Waals surface area contributed by atoms with Gasteiger partial charge < -0.3 is 0 Å². The largest absolute Gasteiger partial charge is 0.421 e. The monoisotopic (exact) mass is 509 g/mol. The molecule has 0 aromatic heterocycles. The molecule has 0 heterocycles. The number of nitrogens with one attached hydrogen (secondary N) is 1.